The van der Waals surface area contributed by atoms with E-state index in [1.54, 1.807) is 0 Å². The van der Waals surface area contributed by atoms with E-state index < -0.39 is 0 Å². The second-order valence-corrected chi connectivity index (χ2v) is 5.19. The molecule has 19 heavy (non-hydrogen) atoms. The van der Waals surface area contributed by atoms with Crippen LogP contribution in [-0.2, 0) is 11.2 Å². The predicted octanol–water partition coefficient (Wildman–Crippen LogP) is 3.37. The fourth-order valence-corrected chi connectivity index (χ4v) is 2.58. The maximum atomic E-state index is 5.62. The molecule has 2 unspecified atom stereocenters. The Balaban J connectivity index is 1.77. The van der Waals surface area contributed by atoms with Gasteiger partial charge in [0.2, 0.25) is 0 Å². The Labute approximate surface area is 113 Å². The standard InChI is InChI=1S/C15H20N2O2/c1-3-15-17-13-9-11(4-5-14(13)19-15)16-12-6-7-18-10(2)8-12/h4-5,9-10,12,16H,3,6-8H2,1-2H3. The summed E-state index contributed by atoms with van der Waals surface area (Å²) in [4.78, 5) is 4.47. The van der Waals surface area contributed by atoms with E-state index in [0.29, 0.717) is 12.1 Å². The highest BCUT2D eigenvalue weighted by Gasteiger charge is 2.19. The molecule has 1 aliphatic heterocycles. The maximum absolute atomic E-state index is 5.62. The fraction of sp³-hybridized carbons (Fsp3) is 0.533. The number of ether oxygens (including phenoxy) is 1. The van der Waals surface area contributed by atoms with E-state index >= 15 is 0 Å². The quantitative estimate of drug-likeness (QED) is 0.919. The first-order chi connectivity index (χ1) is 9.24. The van der Waals surface area contributed by atoms with Gasteiger partial charge in [-0.3, -0.25) is 0 Å². The summed E-state index contributed by atoms with van der Waals surface area (Å²) >= 11 is 0. The van der Waals surface area contributed by atoms with E-state index in [0.717, 1.165) is 48.5 Å². The summed E-state index contributed by atoms with van der Waals surface area (Å²) in [5.74, 6) is 0.798. The molecule has 4 heteroatoms. The van der Waals surface area contributed by atoms with E-state index in [1.807, 2.05) is 13.0 Å². The Bertz CT molecular complexity index is 564. The van der Waals surface area contributed by atoms with Crippen molar-refractivity contribution < 1.29 is 9.15 Å². The number of oxazole rings is 1. The summed E-state index contributed by atoms with van der Waals surface area (Å²) < 4.78 is 11.2. The van der Waals surface area contributed by atoms with Crippen LogP contribution in [-0.4, -0.2) is 23.7 Å². The Kier molecular flexibility index (Phi) is 3.42. The Hall–Kier alpha value is -1.55. The van der Waals surface area contributed by atoms with Gasteiger partial charge in [0.15, 0.2) is 11.5 Å². The number of aromatic nitrogens is 1. The molecule has 2 heterocycles. The van der Waals surface area contributed by atoms with Gasteiger partial charge in [-0.1, -0.05) is 6.92 Å². The lowest BCUT2D eigenvalue weighted by Crippen LogP contribution is -2.32. The number of nitrogens with one attached hydrogen (secondary N) is 1. The minimum Gasteiger partial charge on any atom is -0.441 e. The third-order valence-corrected chi connectivity index (χ3v) is 3.59. The van der Waals surface area contributed by atoms with Crippen molar-refractivity contribution in [1.82, 2.24) is 4.98 Å². The van der Waals surface area contributed by atoms with Crippen molar-refractivity contribution in [1.29, 1.82) is 0 Å². The van der Waals surface area contributed by atoms with Crippen molar-refractivity contribution in [2.24, 2.45) is 0 Å². The smallest absolute Gasteiger partial charge is 0.195 e. The topological polar surface area (TPSA) is 47.3 Å². The molecule has 2 aromatic rings. The Morgan fingerprint density at radius 3 is 3.11 bits per heavy atom. The zero-order valence-electron chi connectivity index (χ0n) is 11.5. The van der Waals surface area contributed by atoms with Crippen LogP contribution in [0.3, 0.4) is 0 Å². The molecule has 0 aliphatic carbocycles. The Morgan fingerprint density at radius 2 is 2.32 bits per heavy atom. The van der Waals surface area contributed by atoms with Crippen LogP contribution < -0.4 is 5.32 Å². The van der Waals surface area contributed by atoms with Crippen molar-refractivity contribution in [3.05, 3.63) is 24.1 Å². The number of aryl methyl sites for hydroxylation is 1. The first kappa shape index (κ1) is 12.5. The van der Waals surface area contributed by atoms with Gasteiger partial charge in [-0.2, -0.15) is 0 Å². The molecular formula is C15H20N2O2. The van der Waals surface area contributed by atoms with Crippen LogP contribution in [0.4, 0.5) is 5.69 Å². The molecule has 102 valence electrons. The highest BCUT2D eigenvalue weighted by atomic mass is 16.5. The van der Waals surface area contributed by atoms with E-state index in [4.69, 9.17) is 9.15 Å². The first-order valence-corrected chi connectivity index (χ1v) is 7.02. The zero-order valence-corrected chi connectivity index (χ0v) is 11.5. The summed E-state index contributed by atoms with van der Waals surface area (Å²) in [6.07, 6.45) is 3.28. The number of nitrogens with zero attached hydrogens (tertiary/aromatic N) is 1. The lowest BCUT2D eigenvalue weighted by atomic mass is 10.0. The van der Waals surface area contributed by atoms with Crippen LogP contribution in [0.15, 0.2) is 22.6 Å². The molecule has 1 aromatic heterocycles. The van der Waals surface area contributed by atoms with E-state index in [9.17, 15) is 0 Å². The number of hydrogen-bond donors (Lipinski definition) is 1. The van der Waals surface area contributed by atoms with Gasteiger partial charge in [0, 0.05) is 24.8 Å². The molecule has 0 amide bonds. The first-order valence-electron chi connectivity index (χ1n) is 7.02. The summed E-state index contributed by atoms with van der Waals surface area (Å²) in [6, 6.07) is 6.61. The van der Waals surface area contributed by atoms with Gasteiger partial charge in [-0.15, -0.1) is 0 Å². The molecule has 0 spiro atoms. The minimum absolute atomic E-state index is 0.341. The molecule has 2 atom stereocenters. The molecule has 1 N–H and O–H groups in total. The average molecular weight is 260 g/mol. The third-order valence-electron chi connectivity index (χ3n) is 3.59. The van der Waals surface area contributed by atoms with Crippen LogP contribution >= 0.6 is 0 Å². The second-order valence-electron chi connectivity index (χ2n) is 5.19. The van der Waals surface area contributed by atoms with E-state index in [2.05, 4.69) is 29.4 Å². The minimum atomic E-state index is 0.341. The van der Waals surface area contributed by atoms with Gasteiger partial charge in [0.25, 0.3) is 0 Å². The number of hydrogen-bond acceptors (Lipinski definition) is 4. The predicted molar refractivity (Wildman–Crippen MR) is 75.4 cm³/mol. The average Bonchev–Trinajstić information content (AvgIpc) is 2.81. The van der Waals surface area contributed by atoms with Gasteiger partial charge >= 0.3 is 0 Å². The molecule has 1 aromatic carbocycles. The van der Waals surface area contributed by atoms with Crippen molar-refractivity contribution in [3.8, 4) is 0 Å². The van der Waals surface area contributed by atoms with Crippen molar-refractivity contribution in [3.63, 3.8) is 0 Å². The second kappa shape index (κ2) is 5.21. The van der Waals surface area contributed by atoms with Crippen LogP contribution in [0.25, 0.3) is 11.1 Å². The molecule has 0 saturated carbocycles. The molecule has 0 radical (unpaired) electrons. The van der Waals surface area contributed by atoms with Crippen molar-refractivity contribution in [2.45, 2.75) is 45.3 Å². The third kappa shape index (κ3) is 2.73. The Morgan fingerprint density at radius 1 is 1.42 bits per heavy atom. The van der Waals surface area contributed by atoms with Gasteiger partial charge in [0.1, 0.15) is 5.52 Å². The monoisotopic (exact) mass is 260 g/mol. The molecule has 1 aliphatic rings. The normalized spacial score (nSPS) is 23.7. The highest BCUT2D eigenvalue weighted by molar-refractivity contribution is 5.77. The van der Waals surface area contributed by atoms with Crippen LogP contribution in [0.2, 0.25) is 0 Å². The van der Waals surface area contributed by atoms with Gasteiger partial charge < -0.3 is 14.5 Å². The SMILES string of the molecule is CCc1nc2cc(NC3CCOC(C)C3)ccc2o1. The van der Waals surface area contributed by atoms with Crippen molar-refractivity contribution in [2.75, 3.05) is 11.9 Å². The van der Waals surface area contributed by atoms with Crippen LogP contribution in [0, 0.1) is 0 Å². The molecule has 4 nitrogen and oxygen atoms in total. The zero-order chi connectivity index (χ0) is 13.2. The molecule has 1 fully saturated rings. The van der Waals surface area contributed by atoms with Gasteiger partial charge in [0.05, 0.1) is 6.10 Å². The summed E-state index contributed by atoms with van der Waals surface area (Å²) in [7, 11) is 0. The molecular weight excluding hydrogens is 240 g/mol. The lowest BCUT2D eigenvalue weighted by molar-refractivity contribution is 0.0232. The molecule has 3 rings (SSSR count). The summed E-state index contributed by atoms with van der Waals surface area (Å²) in [5.41, 5.74) is 2.91. The maximum Gasteiger partial charge on any atom is 0.195 e. The number of anilines is 1. The molecule has 1 saturated heterocycles. The fourth-order valence-electron chi connectivity index (χ4n) is 2.58. The van der Waals surface area contributed by atoms with Crippen molar-refractivity contribution >= 4 is 16.8 Å². The summed E-state index contributed by atoms with van der Waals surface area (Å²) in [5, 5.41) is 3.57. The van der Waals surface area contributed by atoms with Crippen LogP contribution in [0.1, 0.15) is 32.6 Å². The summed E-state index contributed by atoms with van der Waals surface area (Å²) in [6.45, 7) is 5.01. The van der Waals surface area contributed by atoms with Crippen LogP contribution in [0.5, 0.6) is 0 Å². The number of fused-ring (bicyclic) bond motifs is 1. The van der Waals surface area contributed by atoms with Gasteiger partial charge in [-0.25, -0.2) is 4.98 Å². The number of rotatable bonds is 3. The van der Waals surface area contributed by atoms with E-state index in [-0.39, 0.29) is 0 Å². The number of benzene rings is 1. The van der Waals surface area contributed by atoms with E-state index in [1.165, 1.54) is 0 Å². The highest BCUT2D eigenvalue weighted by Crippen LogP contribution is 2.23. The largest absolute Gasteiger partial charge is 0.441 e. The lowest BCUT2D eigenvalue weighted by Gasteiger charge is -2.28. The molecule has 0 bridgehead atoms. The van der Waals surface area contributed by atoms with Gasteiger partial charge in [-0.05, 0) is 38.0 Å².